The van der Waals surface area contributed by atoms with Crippen LogP contribution in [0.2, 0.25) is 0 Å². The molecule has 2 aliphatic rings. The predicted molar refractivity (Wildman–Crippen MR) is 99.5 cm³/mol. The summed E-state index contributed by atoms with van der Waals surface area (Å²) in [6.45, 7) is 1.66. The van der Waals surface area contributed by atoms with Gasteiger partial charge in [0.25, 0.3) is 5.91 Å². The van der Waals surface area contributed by atoms with Crippen LogP contribution in [0.4, 0.5) is 4.79 Å². The number of hydrogen-bond donors (Lipinski definition) is 1. The van der Waals surface area contributed by atoms with Crippen LogP contribution in [0, 0.1) is 5.92 Å². The van der Waals surface area contributed by atoms with Crippen molar-refractivity contribution in [1.82, 2.24) is 10.2 Å². The molecular weight excluding hydrogens is 368 g/mol. The molecule has 1 N–H and O–H groups in total. The molecule has 1 spiro atoms. The van der Waals surface area contributed by atoms with Crippen LogP contribution in [0.25, 0.3) is 0 Å². The lowest BCUT2D eigenvalue weighted by molar-refractivity contribution is -0.148. The van der Waals surface area contributed by atoms with E-state index in [0.717, 1.165) is 24.2 Å². The van der Waals surface area contributed by atoms with Crippen LogP contribution in [0.5, 0.6) is 0 Å². The van der Waals surface area contributed by atoms with Crippen molar-refractivity contribution in [2.75, 3.05) is 13.2 Å². The summed E-state index contributed by atoms with van der Waals surface area (Å²) in [5.41, 5.74) is -0.872. The fourth-order valence-electron chi connectivity index (χ4n) is 3.79. The first-order valence-corrected chi connectivity index (χ1v) is 10.2. The summed E-state index contributed by atoms with van der Waals surface area (Å²) in [4.78, 5) is 50.6. The average molecular weight is 392 g/mol. The first-order chi connectivity index (χ1) is 12.9. The minimum Gasteiger partial charge on any atom is -0.464 e. The highest BCUT2D eigenvalue weighted by atomic mass is 32.1. The van der Waals surface area contributed by atoms with E-state index in [1.807, 2.05) is 18.4 Å². The minimum absolute atomic E-state index is 0.0170. The van der Waals surface area contributed by atoms with Crippen molar-refractivity contribution in [3.8, 4) is 0 Å². The van der Waals surface area contributed by atoms with Gasteiger partial charge in [-0.15, -0.1) is 11.3 Å². The monoisotopic (exact) mass is 392 g/mol. The molecule has 1 saturated heterocycles. The first kappa shape index (κ1) is 19.5. The van der Waals surface area contributed by atoms with Gasteiger partial charge < -0.3 is 10.1 Å². The highest BCUT2D eigenvalue weighted by Crippen LogP contribution is 2.38. The van der Waals surface area contributed by atoms with E-state index < -0.39 is 24.1 Å². The van der Waals surface area contributed by atoms with Crippen LogP contribution >= 0.6 is 11.3 Å². The maximum atomic E-state index is 12.8. The zero-order valence-electron chi connectivity index (χ0n) is 15.4. The molecule has 0 bridgehead atoms. The normalized spacial score (nSPS) is 24.9. The number of nitrogens with zero attached hydrogens (tertiary/aromatic N) is 1. The Bertz CT molecular complexity index is 732. The second-order valence-corrected chi connectivity index (χ2v) is 8.11. The molecule has 1 aliphatic heterocycles. The number of imide groups is 1. The molecule has 2 heterocycles. The van der Waals surface area contributed by atoms with Gasteiger partial charge in [-0.2, -0.15) is 0 Å². The Kier molecular flexibility index (Phi) is 5.94. The van der Waals surface area contributed by atoms with Gasteiger partial charge in [-0.3, -0.25) is 19.3 Å². The van der Waals surface area contributed by atoms with E-state index in [9.17, 15) is 19.2 Å². The lowest BCUT2D eigenvalue weighted by atomic mass is 9.73. The van der Waals surface area contributed by atoms with Gasteiger partial charge in [0.05, 0.1) is 11.5 Å². The number of rotatable bonds is 7. The molecule has 2 fully saturated rings. The molecule has 1 saturated carbocycles. The number of urea groups is 1. The lowest BCUT2D eigenvalue weighted by Crippen LogP contribution is -2.54. The molecular formula is C19H24N2O5S. The van der Waals surface area contributed by atoms with E-state index in [-0.39, 0.29) is 30.6 Å². The summed E-state index contributed by atoms with van der Waals surface area (Å²) in [7, 11) is 0. The third kappa shape index (κ3) is 4.05. The standard InChI is InChI=1S/C19H24N2O5S/c1-13-6-2-3-9-19(13)17(24)21(18(25)20-19)12-16(23)26-10-4-7-14(22)15-8-5-11-27-15/h5,8,11,13H,2-4,6-7,9-10,12H2,1H3,(H,20,25)/t13-,19+/m0/s1. The fraction of sp³-hybridized carbons (Fsp3) is 0.579. The molecule has 0 aromatic carbocycles. The number of ether oxygens (including phenoxy) is 1. The van der Waals surface area contributed by atoms with Gasteiger partial charge in [-0.25, -0.2) is 4.79 Å². The molecule has 1 aliphatic carbocycles. The van der Waals surface area contributed by atoms with Crippen molar-refractivity contribution >= 4 is 35.0 Å². The molecule has 2 atom stereocenters. The van der Waals surface area contributed by atoms with Crippen molar-refractivity contribution in [3.63, 3.8) is 0 Å². The Labute approximate surface area is 162 Å². The quantitative estimate of drug-likeness (QED) is 0.333. The summed E-state index contributed by atoms with van der Waals surface area (Å²) in [5.74, 6) is -0.900. The summed E-state index contributed by atoms with van der Waals surface area (Å²) >= 11 is 1.38. The Morgan fingerprint density at radius 1 is 1.37 bits per heavy atom. The van der Waals surface area contributed by atoms with Gasteiger partial charge in [0, 0.05) is 6.42 Å². The molecule has 0 unspecified atom stereocenters. The smallest absolute Gasteiger partial charge is 0.326 e. The van der Waals surface area contributed by atoms with Gasteiger partial charge in [-0.05, 0) is 36.6 Å². The minimum atomic E-state index is -0.872. The van der Waals surface area contributed by atoms with Crippen molar-refractivity contribution in [1.29, 1.82) is 0 Å². The largest absolute Gasteiger partial charge is 0.464 e. The van der Waals surface area contributed by atoms with Crippen LogP contribution < -0.4 is 5.32 Å². The molecule has 8 heteroatoms. The second-order valence-electron chi connectivity index (χ2n) is 7.16. The van der Waals surface area contributed by atoms with Crippen LogP contribution in [0.3, 0.4) is 0 Å². The van der Waals surface area contributed by atoms with Crippen LogP contribution in [-0.4, -0.2) is 47.3 Å². The zero-order valence-corrected chi connectivity index (χ0v) is 16.2. The number of amides is 3. The summed E-state index contributed by atoms with van der Waals surface area (Å²) < 4.78 is 5.11. The van der Waals surface area contributed by atoms with Crippen molar-refractivity contribution in [3.05, 3.63) is 22.4 Å². The van der Waals surface area contributed by atoms with Gasteiger partial charge in [0.1, 0.15) is 12.1 Å². The molecule has 27 heavy (non-hydrogen) atoms. The number of carbonyl (C=O) groups excluding carboxylic acids is 4. The maximum Gasteiger partial charge on any atom is 0.326 e. The fourth-order valence-corrected chi connectivity index (χ4v) is 4.49. The highest BCUT2D eigenvalue weighted by Gasteiger charge is 2.55. The third-order valence-electron chi connectivity index (χ3n) is 5.40. The Morgan fingerprint density at radius 3 is 2.89 bits per heavy atom. The van der Waals surface area contributed by atoms with Gasteiger partial charge in [0.15, 0.2) is 5.78 Å². The zero-order chi connectivity index (χ0) is 19.4. The van der Waals surface area contributed by atoms with Crippen LogP contribution in [0.1, 0.15) is 55.1 Å². The van der Waals surface area contributed by atoms with E-state index in [2.05, 4.69) is 5.32 Å². The van der Waals surface area contributed by atoms with E-state index in [1.54, 1.807) is 6.07 Å². The van der Waals surface area contributed by atoms with Gasteiger partial charge in [-0.1, -0.05) is 25.8 Å². The van der Waals surface area contributed by atoms with E-state index in [1.165, 1.54) is 11.3 Å². The van der Waals surface area contributed by atoms with Gasteiger partial charge >= 0.3 is 12.0 Å². The molecule has 3 rings (SSSR count). The summed E-state index contributed by atoms with van der Waals surface area (Å²) in [6, 6.07) is 3.05. The Balaban J connectivity index is 1.46. The van der Waals surface area contributed by atoms with Crippen molar-refractivity contribution in [2.24, 2.45) is 5.92 Å². The first-order valence-electron chi connectivity index (χ1n) is 9.30. The lowest BCUT2D eigenvalue weighted by Gasteiger charge is -2.36. The van der Waals surface area contributed by atoms with E-state index in [0.29, 0.717) is 17.7 Å². The van der Waals surface area contributed by atoms with Crippen LogP contribution in [-0.2, 0) is 14.3 Å². The topological polar surface area (TPSA) is 92.8 Å². The summed E-state index contributed by atoms with van der Waals surface area (Å²) in [6.07, 6.45) is 4.10. The number of nitrogens with one attached hydrogen (secondary N) is 1. The summed E-state index contributed by atoms with van der Waals surface area (Å²) in [5, 5.41) is 4.65. The number of carbonyl (C=O) groups is 4. The Hall–Kier alpha value is -2.22. The van der Waals surface area contributed by atoms with Crippen molar-refractivity contribution in [2.45, 2.75) is 51.0 Å². The van der Waals surface area contributed by atoms with E-state index in [4.69, 9.17) is 4.74 Å². The molecule has 0 radical (unpaired) electrons. The predicted octanol–water partition coefficient (Wildman–Crippen LogP) is 2.75. The number of ketones is 1. The number of thiophene rings is 1. The average Bonchev–Trinajstić information content (AvgIpc) is 3.25. The maximum absolute atomic E-state index is 12.8. The number of Topliss-reactive ketones (excluding diaryl/α,β-unsaturated/α-hetero) is 1. The number of hydrogen-bond acceptors (Lipinski definition) is 6. The van der Waals surface area contributed by atoms with E-state index >= 15 is 0 Å². The van der Waals surface area contributed by atoms with Gasteiger partial charge in [0.2, 0.25) is 0 Å². The van der Waals surface area contributed by atoms with Crippen LogP contribution in [0.15, 0.2) is 17.5 Å². The Morgan fingerprint density at radius 2 is 2.19 bits per heavy atom. The number of esters is 1. The third-order valence-corrected chi connectivity index (χ3v) is 6.31. The highest BCUT2D eigenvalue weighted by molar-refractivity contribution is 7.12. The molecule has 3 amide bonds. The molecule has 1 aromatic heterocycles. The molecule has 1 aromatic rings. The van der Waals surface area contributed by atoms with Crippen molar-refractivity contribution < 1.29 is 23.9 Å². The second kappa shape index (κ2) is 8.21. The molecule has 146 valence electrons. The molecule has 7 nitrogen and oxygen atoms in total. The SMILES string of the molecule is C[C@H]1CCCC[C@@]12NC(=O)N(CC(=O)OCCCC(=O)c1cccs1)C2=O.